The molecule has 7 nitrogen and oxygen atoms in total. The van der Waals surface area contributed by atoms with Crippen molar-refractivity contribution in [1.29, 1.82) is 0 Å². The Kier molecular flexibility index (Phi) is 6.51. The van der Waals surface area contributed by atoms with Crippen molar-refractivity contribution >= 4 is 17.6 Å². The predicted molar refractivity (Wildman–Crippen MR) is 114 cm³/mol. The quantitative estimate of drug-likeness (QED) is 0.603. The number of nitrogens with zero attached hydrogens (tertiary/aromatic N) is 2. The van der Waals surface area contributed by atoms with Gasteiger partial charge in [-0.15, -0.1) is 0 Å². The fraction of sp³-hybridized carbons (Fsp3) is 0.261. The van der Waals surface area contributed by atoms with Crippen LogP contribution in [0.1, 0.15) is 23.9 Å². The van der Waals surface area contributed by atoms with Crippen molar-refractivity contribution in [1.82, 2.24) is 9.78 Å². The van der Waals surface area contributed by atoms with Crippen molar-refractivity contribution in [3.63, 3.8) is 0 Å². The normalized spacial score (nSPS) is 11.6. The van der Waals surface area contributed by atoms with Gasteiger partial charge in [0, 0.05) is 0 Å². The second-order valence-electron chi connectivity index (χ2n) is 7.03. The molecule has 0 saturated heterocycles. The van der Waals surface area contributed by atoms with Gasteiger partial charge in [0.15, 0.2) is 12.7 Å². The van der Waals surface area contributed by atoms with E-state index in [0.717, 1.165) is 16.9 Å². The maximum Gasteiger partial charge on any atom is 0.347 e. The highest BCUT2D eigenvalue weighted by Gasteiger charge is 2.20. The number of ether oxygens (including phenoxy) is 2. The number of aryl methyl sites for hydroxylation is 2. The third kappa shape index (κ3) is 5.05. The summed E-state index contributed by atoms with van der Waals surface area (Å²) in [6, 6.07) is 17.0. The van der Waals surface area contributed by atoms with Crippen molar-refractivity contribution in [2.75, 3.05) is 11.9 Å². The van der Waals surface area contributed by atoms with Crippen LogP contribution in [0.25, 0.3) is 5.69 Å². The molecule has 1 amide bonds. The van der Waals surface area contributed by atoms with Crippen LogP contribution in [0.15, 0.2) is 54.6 Å². The van der Waals surface area contributed by atoms with E-state index in [4.69, 9.17) is 9.47 Å². The van der Waals surface area contributed by atoms with Gasteiger partial charge in [-0.3, -0.25) is 4.79 Å². The number of carbonyl (C=O) groups excluding carboxylic acids is 2. The minimum absolute atomic E-state index is 0.407. The average molecular weight is 407 g/mol. The van der Waals surface area contributed by atoms with Crippen LogP contribution in [0.2, 0.25) is 0 Å². The number of esters is 1. The maximum absolute atomic E-state index is 12.3. The van der Waals surface area contributed by atoms with Crippen molar-refractivity contribution in [2.24, 2.45) is 0 Å². The van der Waals surface area contributed by atoms with Gasteiger partial charge in [-0.1, -0.05) is 30.3 Å². The molecule has 156 valence electrons. The summed E-state index contributed by atoms with van der Waals surface area (Å²) < 4.78 is 12.4. The number of anilines is 1. The SMILES string of the molecule is Cc1cccc(O[C@@H](C)C(=O)OCC(=O)Nc2c(C)nn(-c3ccccc3)c2C)c1. The summed E-state index contributed by atoms with van der Waals surface area (Å²) >= 11 is 0. The Morgan fingerprint density at radius 2 is 1.80 bits per heavy atom. The first kappa shape index (κ1) is 21.1. The molecule has 30 heavy (non-hydrogen) atoms. The monoisotopic (exact) mass is 407 g/mol. The van der Waals surface area contributed by atoms with Crippen LogP contribution < -0.4 is 10.1 Å². The lowest BCUT2D eigenvalue weighted by Crippen LogP contribution is -2.30. The fourth-order valence-electron chi connectivity index (χ4n) is 3.01. The molecule has 0 radical (unpaired) electrons. The van der Waals surface area contributed by atoms with Crippen LogP contribution in [-0.2, 0) is 14.3 Å². The number of carbonyl (C=O) groups is 2. The van der Waals surface area contributed by atoms with Gasteiger partial charge < -0.3 is 14.8 Å². The van der Waals surface area contributed by atoms with Gasteiger partial charge in [-0.05, 0) is 57.5 Å². The van der Waals surface area contributed by atoms with Gasteiger partial charge in [0.2, 0.25) is 0 Å². The summed E-state index contributed by atoms with van der Waals surface area (Å²) in [7, 11) is 0. The summed E-state index contributed by atoms with van der Waals surface area (Å²) in [6.07, 6.45) is -0.830. The molecule has 1 N–H and O–H groups in total. The number of hydrogen-bond donors (Lipinski definition) is 1. The highest BCUT2D eigenvalue weighted by atomic mass is 16.6. The first-order chi connectivity index (χ1) is 14.3. The standard InChI is InChI=1S/C23H25N3O4/c1-15-9-8-12-20(13-15)30-18(4)23(28)29-14-21(27)24-22-16(2)25-26(17(22)3)19-10-6-5-7-11-19/h5-13,18H,14H2,1-4H3,(H,24,27)/t18-/m0/s1. The molecule has 0 bridgehead atoms. The molecule has 0 unspecified atom stereocenters. The number of rotatable bonds is 7. The third-order valence-electron chi connectivity index (χ3n) is 4.54. The van der Waals surface area contributed by atoms with Crippen LogP contribution in [0.4, 0.5) is 5.69 Å². The molecule has 1 aromatic heterocycles. The number of amides is 1. The first-order valence-corrected chi connectivity index (χ1v) is 9.66. The first-order valence-electron chi connectivity index (χ1n) is 9.66. The van der Waals surface area contributed by atoms with Gasteiger partial charge in [0.1, 0.15) is 5.75 Å². The molecule has 3 rings (SSSR count). The van der Waals surface area contributed by atoms with Crippen LogP contribution in [-0.4, -0.2) is 34.4 Å². The van der Waals surface area contributed by atoms with E-state index in [1.807, 2.05) is 69.3 Å². The molecule has 0 aliphatic carbocycles. The molecular weight excluding hydrogens is 382 g/mol. The summed E-state index contributed by atoms with van der Waals surface area (Å²) in [5.41, 5.74) is 3.98. The average Bonchev–Trinajstić information content (AvgIpc) is 3.01. The molecule has 7 heteroatoms. The lowest BCUT2D eigenvalue weighted by atomic mass is 10.2. The largest absolute Gasteiger partial charge is 0.479 e. The van der Waals surface area contributed by atoms with E-state index < -0.39 is 24.6 Å². The highest BCUT2D eigenvalue weighted by Crippen LogP contribution is 2.22. The van der Waals surface area contributed by atoms with Crippen LogP contribution in [0.3, 0.4) is 0 Å². The Labute approximate surface area is 175 Å². The van der Waals surface area contributed by atoms with E-state index in [9.17, 15) is 9.59 Å². The molecule has 0 aliphatic rings. The second kappa shape index (κ2) is 9.26. The van der Waals surface area contributed by atoms with E-state index in [0.29, 0.717) is 17.1 Å². The summed E-state index contributed by atoms with van der Waals surface area (Å²) in [6.45, 7) is 6.79. The van der Waals surface area contributed by atoms with E-state index in [-0.39, 0.29) is 0 Å². The Bertz CT molecular complexity index is 1040. The molecule has 0 saturated carbocycles. The van der Waals surface area contributed by atoms with Gasteiger partial charge in [-0.25, -0.2) is 9.48 Å². The van der Waals surface area contributed by atoms with Gasteiger partial charge in [0.05, 0.1) is 22.8 Å². The Hall–Kier alpha value is -3.61. The number of hydrogen-bond acceptors (Lipinski definition) is 5. The Morgan fingerprint density at radius 3 is 2.50 bits per heavy atom. The lowest BCUT2D eigenvalue weighted by Gasteiger charge is -2.14. The molecule has 1 atom stereocenters. The number of benzene rings is 2. The van der Waals surface area contributed by atoms with Crippen molar-refractivity contribution in [2.45, 2.75) is 33.8 Å². The minimum atomic E-state index is -0.830. The van der Waals surface area contributed by atoms with Crippen LogP contribution >= 0.6 is 0 Å². The Morgan fingerprint density at radius 1 is 1.07 bits per heavy atom. The van der Waals surface area contributed by atoms with E-state index in [1.165, 1.54) is 0 Å². The molecule has 0 aliphatic heterocycles. The molecule has 1 heterocycles. The van der Waals surface area contributed by atoms with Crippen LogP contribution in [0, 0.1) is 20.8 Å². The van der Waals surface area contributed by atoms with E-state index in [2.05, 4.69) is 10.4 Å². The van der Waals surface area contributed by atoms with Crippen LogP contribution in [0.5, 0.6) is 5.75 Å². The van der Waals surface area contributed by atoms with Crippen molar-refractivity contribution in [3.05, 3.63) is 71.5 Å². The summed E-state index contributed by atoms with van der Waals surface area (Å²) in [5, 5.41) is 7.26. The second-order valence-corrected chi connectivity index (χ2v) is 7.03. The van der Waals surface area contributed by atoms with Gasteiger partial charge >= 0.3 is 5.97 Å². The smallest absolute Gasteiger partial charge is 0.347 e. The Balaban J connectivity index is 1.57. The maximum atomic E-state index is 12.3. The van der Waals surface area contributed by atoms with Crippen molar-refractivity contribution < 1.29 is 19.1 Å². The predicted octanol–water partition coefficient (Wildman–Crippen LogP) is 3.75. The summed E-state index contributed by atoms with van der Waals surface area (Å²) in [5.74, 6) is -0.478. The molecule has 3 aromatic rings. The molecular formula is C23H25N3O4. The lowest BCUT2D eigenvalue weighted by molar-refractivity contribution is -0.153. The highest BCUT2D eigenvalue weighted by molar-refractivity contribution is 5.94. The molecule has 0 fully saturated rings. The van der Waals surface area contributed by atoms with Gasteiger partial charge in [0.25, 0.3) is 5.91 Å². The van der Waals surface area contributed by atoms with E-state index in [1.54, 1.807) is 17.7 Å². The van der Waals surface area contributed by atoms with E-state index >= 15 is 0 Å². The molecule has 0 spiro atoms. The molecule has 2 aromatic carbocycles. The zero-order chi connectivity index (χ0) is 21.7. The van der Waals surface area contributed by atoms with Crippen molar-refractivity contribution in [3.8, 4) is 11.4 Å². The number of nitrogens with one attached hydrogen (secondary N) is 1. The third-order valence-corrected chi connectivity index (χ3v) is 4.54. The number of aromatic nitrogens is 2. The minimum Gasteiger partial charge on any atom is -0.479 e. The van der Waals surface area contributed by atoms with Gasteiger partial charge in [-0.2, -0.15) is 5.10 Å². The summed E-state index contributed by atoms with van der Waals surface area (Å²) in [4.78, 5) is 24.5. The zero-order valence-corrected chi connectivity index (χ0v) is 17.5. The zero-order valence-electron chi connectivity index (χ0n) is 17.5. The topological polar surface area (TPSA) is 82.4 Å². The fourth-order valence-corrected chi connectivity index (χ4v) is 3.01. The number of para-hydroxylation sites is 1.